The maximum Gasteiger partial charge on any atom is 0.244 e. The van der Waals surface area contributed by atoms with Crippen LogP contribution in [-0.4, -0.2) is 24.3 Å². The number of hydrogen-bond acceptors (Lipinski definition) is 3. The first-order chi connectivity index (χ1) is 12.9. The summed E-state index contributed by atoms with van der Waals surface area (Å²) in [6.07, 6.45) is 3.06. The summed E-state index contributed by atoms with van der Waals surface area (Å²) < 4.78 is 0. The molecule has 0 saturated heterocycles. The highest BCUT2D eigenvalue weighted by atomic mass is 16.2. The Balaban J connectivity index is 1.77. The molecule has 2 rings (SSSR count). The largest absolute Gasteiger partial charge is 0.343 e. The molecular formula is C21H23N3O3. The van der Waals surface area contributed by atoms with E-state index in [4.69, 9.17) is 0 Å². The third-order valence-corrected chi connectivity index (χ3v) is 3.61. The molecule has 0 unspecified atom stereocenters. The van der Waals surface area contributed by atoms with Gasteiger partial charge in [0.15, 0.2) is 0 Å². The van der Waals surface area contributed by atoms with Crippen LogP contribution in [0, 0.1) is 5.92 Å². The van der Waals surface area contributed by atoms with Gasteiger partial charge < -0.3 is 16.0 Å². The smallest absolute Gasteiger partial charge is 0.244 e. The fourth-order valence-corrected chi connectivity index (χ4v) is 2.09. The first-order valence-electron chi connectivity index (χ1n) is 8.66. The molecule has 3 N–H and O–H groups in total. The molecular weight excluding hydrogens is 342 g/mol. The monoisotopic (exact) mass is 365 g/mol. The maximum absolute atomic E-state index is 11.9. The summed E-state index contributed by atoms with van der Waals surface area (Å²) in [6.45, 7) is 3.49. The average Bonchev–Trinajstić information content (AvgIpc) is 2.67. The Bertz CT molecular complexity index is 812. The molecule has 0 heterocycles. The maximum atomic E-state index is 11.9. The van der Waals surface area contributed by atoms with Gasteiger partial charge in [0.05, 0.1) is 6.54 Å². The van der Waals surface area contributed by atoms with Gasteiger partial charge in [0.25, 0.3) is 0 Å². The fourth-order valence-electron chi connectivity index (χ4n) is 2.09. The Kier molecular flexibility index (Phi) is 7.31. The number of benzene rings is 2. The molecule has 6 nitrogen and oxygen atoms in total. The Morgan fingerprint density at radius 3 is 2.07 bits per heavy atom. The van der Waals surface area contributed by atoms with Crippen LogP contribution in [0.4, 0.5) is 11.4 Å². The summed E-state index contributed by atoms with van der Waals surface area (Å²) in [6, 6.07) is 16.2. The molecule has 3 amide bonds. The van der Waals surface area contributed by atoms with Gasteiger partial charge in [-0.1, -0.05) is 44.2 Å². The van der Waals surface area contributed by atoms with Crippen LogP contribution < -0.4 is 16.0 Å². The number of hydrogen-bond donors (Lipinski definition) is 3. The van der Waals surface area contributed by atoms with Gasteiger partial charge in [0.2, 0.25) is 17.7 Å². The van der Waals surface area contributed by atoms with Crippen LogP contribution in [0.5, 0.6) is 0 Å². The number of carbonyl (C=O) groups excluding carboxylic acids is 3. The van der Waals surface area contributed by atoms with Crippen LogP contribution in [0.3, 0.4) is 0 Å². The number of rotatable bonds is 7. The Labute approximate surface area is 158 Å². The minimum absolute atomic E-state index is 0.0712. The summed E-state index contributed by atoms with van der Waals surface area (Å²) in [7, 11) is 0. The van der Waals surface area contributed by atoms with Gasteiger partial charge in [-0.3, -0.25) is 14.4 Å². The van der Waals surface area contributed by atoms with Gasteiger partial charge in [0, 0.05) is 23.4 Å². The molecule has 6 heteroatoms. The highest BCUT2D eigenvalue weighted by Crippen LogP contribution is 2.14. The Morgan fingerprint density at radius 2 is 1.48 bits per heavy atom. The van der Waals surface area contributed by atoms with Gasteiger partial charge in [-0.05, 0) is 35.9 Å². The minimum Gasteiger partial charge on any atom is -0.343 e. The van der Waals surface area contributed by atoms with Gasteiger partial charge in [-0.25, -0.2) is 0 Å². The molecule has 27 heavy (non-hydrogen) atoms. The predicted molar refractivity (Wildman–Crippen MR) is 107 cm³/mol. The van der Waals surface area contributed by atoms with E-state index in [0.29, 0.717) is 11.4 Å². The molecule has 0 spiro atoms. The first-order valence-corrected chi connectivity index (χ1v) is 8.66. The highest BCUT2D eigenvalue weighted by molar-refractivity contribution is 5.98. The molecule has 0 atom stereocenters. The first kappa shape index (κ1) is 19.9. The quantitative estimate of drug-likeness (QED) is 0.659. The van der Waals surface area contributed by atoms with Crippen LogP contribution in [-0.2, 0) is 14.4 Å². The Morgan fingerprint density at radius 1 is 0.889 bits per heavy atom. The molecule has 0 radical (unpaired) electrons. The zero-order valence-electron chi connectivity index (χ0n) is 15.4. The lowest BCUT2D eigenvalue weighted by molar-refractivity contribution is -0.121. The van der Waals surface area contributed by atoms with Gasteiger partial charge in [0.1, 0.15) is 0 Å². The van der Waals surface area contributed by atoms with Crippen molar-refractivity contribution in [2.24, 2.45) is 5.92 Å². The molecule has 0 aliphatic heterocycles. The molecule has 0 aliphatic rings. The molecule has 0 aliphatic carbocycles. The standard InChI is InChI=1S/C21H23N3O3/c1-15(2)21(27)24-18-11-9-17(10-12-18)23-20(26)14-22-19(25)13-8-16-6-4-3-5-7-16/h3-13,15H,14H2,1-2H3,(H,22,25)(H,23,26)(H,24,27)/b13-8+. The van der Waals surface area contributed by atoms with E-state index in [1.807, 2.05) is 44.2 Å². The molecule has 2 aromatic carbocycles. The van der Waals surface area contributed by atoms with Crippen molar-refractivity contribution in [3.63, 3.8) is 0 Å². The van der Waals surface area contributed by atoms with E-state index in [2.05, 4.69) is 16.0 Å². The fraction of sp³-hybridized carbons (Fsp3) is 0.190. The van der Waals surface area contributed by atoms with Gasteiger partial charge in [-0.2, -0.15) is 0 Å². The molecule has 0 aromatic heterocycles. The zero-order valence-corrected chi connectivity index (χ0v) is 15.4. The average molecular weight is 365 g/mol. The van der Waals surface area contributed by atoms with Crippen LogP contribution in [0.1, 0.15) is 19.4 Å². The topological polar surface area (TPSA) is 87.3 Å². The molecule has 140 valence electrons. The lowest BCUT2D eigenvalue weighted by Crippen LogP contribution is -2.31. The minimum atomic E-state index is -0.347. The summed E-state index contributed by atoms with van der Waals surface area (Å²) in [5, 5.41) is 7.99. The van der Waals surface area contributed by atoms with Crippen LogP contribution in [0.25, 0.3) is 6.08 Å². The molecule has 0 saturated carbocycles. The molecule has 2 aromatic rings. The van der Waals surface area contributed by atoms with Crippen molar-refractivity contribution in [2.45, 2.75) is 13.8 Å². The van der Waals surface area contributed by atoms with Crippen molar-refractivity contribution < 1.29 is 14.4 Å². The second-order valence-electron chi connectivity index (χ2n) is 6.23. The second kappa shape index (κ2) is 9.91. The van der Waals surface area contributed by atoms with Crippen molar-refractivity contribution in [3.05, 3.63) is 66.2 Å². The molecule has 0 bridgehead atoms. The lowest BCUT2D eigenvalue weighted by Gasteiger charge is -2.09. The number of anilines is 2. The third-order valence-electron chi connectivity index (χ3n) is 3.61. The van der Waals surface area contributed by atoms with E-state index in [9.17, 15) is 14.4 Å². The van der Waals surface area contributed by atoms with E-state index in [0.717, 1.165) is 5.56 Å². The third kappa shape index (κ3) is 7.15. The zero-order chi connectivity index (χ0) is 19.6. The summed E-state index contributed by atoms with van der Waals surface area (Å²) in [4.78, 5) is 35.3. The van der Waals surface area contributed by atoms with E-state index in [1.54, 1.807) is 30.3 Å². The number of carbonyl (C=O) groups is 3. The van der Waals surface area contributed by atoms with Gasteiger partial charge >= 0.3 is 0 Å². The van der Waals surface area contributed by atoms with E-state index < -0.39 is 0 Å². The van der Waals surface area contributed by atoms with E-state index in [-0.39, 0.29) is 30.2 Å². The van der Waals surface area contributed by atoms with Crippen LogP contribution in [0.2, 0.25) is 0 Å². The number of nitrogens with one attached hydrogen (secondary N) is 3. The molecule has 0 fully saturated rings. The van der Waals surface area contributed by atoms with Crippen molar-refractivity contribution in [3.8, 4) is 0 Å². The van der Waals surface area contributed by atoms with Crippen molar-refractivity contribution in [1.29, 1.82) is 0 Å². The van der Waals surface area contributed by atoms with Crippen LogP contribution in [0.15, 0.2) is 60.7 Å². The van der Waals surface area contributed by atoms with Crippen molar-refractivity contribution in [1.82, 2.24) is 5.32 Å². The summed E-state index contributed by atoms with van der Waals surface area (Å²) in [5.41, 5.74) is 2.14. The summed E-state index contributed by atoms with van der Waals surface area (Å²) >= 11 is 0. The second-order valence-corrected chi connectivity index (χ2v) is 6.23. The van der Waals surface area contributed by atoms with Crippen molar-refractivity contribution >= 4 is 35.2 Å². The van der Waals surface area contributed by atoms with Crippen molar-refractivity contribution in [2.75, 3.05) is 17.2 Å². The van der Waals surface area contributed by atoms with E-state index in [1.165, 1.54) is 6.08 Å². The highest BCUT2D eigenvalue weighted by Gasteiger charge is 2.07. The van der Waals surface area contributed by atoms with Crippen LogP contribution >= 0.6 is 0 Å². The number of amides is 3. The van der Waals surface area contributed by atoms with Gasteiger partial charge in [-0.15, -0.1) is 0 Å². The normalized spacial score (nSPS) is 10.6. The SMILES string of the molecule is CC(C)C(=O)Nc1ccc(NC(=O)CNC(=O)/C=C/c2ccccc2)cc1. The summed E-state index contributed by atoms with van der Waals surface area (Å²) in [5.74, 6) is -0.863. The Hall–Kier alpha value is -3.41. The lowest BCUT2D eigenvalue weighted by atomic mass is 10.2. The van der Waals surface area contributed by atoms with E-state index >= 15 is 0 Å². The predicted octanol–water partition coefficient (Wildman–Crippen LogP) is 3.05.